The van der Waals surface area contributed by atoms with Gasteiger partial charge in [-0.1, -0.05) is 23.9 Å². The molecule has 0 bridgehead atoms. The van der Waals surface area contributed by atoms with Crippen LogP contribution in [0.4, 0.5) is 14.5 Å². The Labute approximate surface area is 136 Å². The average molecular weight is 334 g/mol. The van der Waals surface area contributed by atoms with E-state index in [-0.39, 0.29) is 11.5 Å². The standard InChI is InChI=1S/C16H12F2N2O2S/c17-16(18)23-14-4-2-1-3-13(14)20-15(21)10-22-12-7-5-11(9-19)6-8-12/h1-8,16H,10H2,(H,20,21). The van der Waals surface area contributed by atoms with Crippen LogP contribution in [-0.2, 0) is 4.79 Å². The lowest BCUT2D eigenvalue weighted by Gasteiger charge is -2.11. The summed E-state index contributed by atoms with van der Waals surface area (Å²) >= 11 is 0.366. The highest BCUT2D eigenvalue weighted by atomic mass is 32.2. The third kappa shape index (κ3) is 5.27. The lowest BCUT2D eigenvalue weighted by Crippen LogP contribution is -2.20. The summed E-state index contributed by atoms with van der Waals surface area (Å²) in [7, 11) is 0. The summed E-state index contributed by atoms with van der Waals surface area (Å²) in [5.74, 6) is -2.59. The predicted molar refractivity (Wildman–Crippen MR) is 83.6 cm³/mol. The maximum Gasteiger partial charge on any atom is 0.288 e. The molecule has 4 nitrogen and oxygen atoms in total. The Bertz CT molecular complexity index is 715. The van der Waals surface area contributed by atoms with Crippen LogP contribution in [0.3, 0.4) is 0 Å². The van der Waals surface area contributed by atoms with Crippen molar-refractivity contribution in [3.63, 3.8) is 0 Å². The molecule has 0 saturated carbocycles. The molecule has 0 fully saturated rings. The van der Waals surface area contributed by atoms with Gasteiger partial charge < -0.3 is 10.1 Å². The largest absolute Gasteiger partial charge is 0.484 e. The van der Waals surface area contributed by atoms with Gasteiger partial charge in [0.2, 0.25) is 0 Å². The van der Waals surface area contributed by atoms with Gasteiger partial charge in [0.15, 0.2) is 6.61 Å². The molecule has 0 aliphatic heterocycles. The molecule has 2 aromatic carbocycles. The van der Waals surface area contributed by atoms with Crippen LogP contribution in [0.25, 0.3) is 0 Å². The molecule has 0 spiro atoms. The van der Waals surface area contributed by atoms with Gasteiger partial charge >= 0.3 is 0 Å². The second-order valence-corrected chi connectivity index (χ2v) is 5.38. The van der Waals surface area contributed by atoms with E-state index in [1.807, 2.05) is 6.07 Å². The highest BCUT2D eigenvalue weighted by Crippen LogP contribution is 2.31. The molecule has 0 aromatic heterocycles. The van der Waals surface area contributed by atoms with E-state index in [2.05, 4.69) is 5.32 Å². The Hall–Kier alpha value is -2.59. The number of thioether (sulfide) groups is 1. The number of rotatable bonds is 6. The van der Waals surface area contributed by atoms with Crippen molar-refractivity contribution in [2.45, 2.75) is 10.7 Å². The average Bonchev–Trinajstić information content (AvgIpc) is 2.55. The van der Waals surface area contributed by atoms with Gasteiger partial charge in [0.1, 0.15) is 5.75 Å². The number of hydrogen-bond acceptors (Lipinski definition) is 4. The second-order valence-electron chi connectivity index (χ2n) is 4.35. The fourth-order valence-corrected chi connectivity index (χ4v) is 2.32. The fraction of sp³-hybridized carbons (Fsp3) is 0.125. The Morgan fingerprint density at radius 1 is 1.22 bits per heavy atom. The third-order valence-electron chi connectivity index (χ3n) is 2.73. The summed E-state index contributed by atoms with van der Waals surface area (Å²) < 4.78 is 30.2. The van der Waals surface area contributed by atoms with E-state index in [4.69, 9.17) is 10.00 Å². The summed E-state index contributed by atoms with van der Waals surface area (Å²) in [6, 6.07) is 14.6. The number of amides is 1. The Balaban J connectivity index is 1.93. The van der Waals surface area contributed by atoms with Crippen molar-refractivity contribution >= 4 is 23.4 Å². The molecule has 0 saturated heterocycles. The first-order chi connectivity index (χ1) is 11.1. The molecule has 23 heavy (non-hydrogen) atoms. The summed E-state index contributed by atoms with van der Waals surface area (Å²) in [6.07, 6.45) is 0. The van der Waals surface area contributed by atoms with Gasteiger partial charge in [-0.05, 0) is 36.4 Å². The number of nitrogens with one attached hydrogen (secondary N) is 1. The quantitative estimate of drug-likeness (QED) is 0.814. The summed E-state index contributed by atoms with van der Waals surface area (Å²) in [6.45, 7) is -0.264. The smallest absolute Gasteiger partial charge is 0.288 e. The van der Waals surface area contributed by atoms with E-state index in [9.17, 15) is 13.6 Å². The first-order valence-corrected chi connectivity index (χ1v) is 7.43. The summed E-state index contributed by atoms with van der Waals surface area (Å²) in [5, 5.41) is 11.2. The fourth-order valence-electron chi connectivity index (χ4n) is 1.73. The number of carbonyl (C=O) groups excluding carboxylic acids is 1. The van der Waals surface area contributed by atoms with Crippen LogP contribution in [0.5, 0.6) is 5.75 Å². The molecule has 1 amide bonds. The first kappa shape index (κ1) is 16.8. The molecule has 0 atom stereocenters. The Morgan fingerprint density at radius 3 is 2.57 bits per heavy atom. The molecular formula is C16H12F2N2O2S. The van der Waals surface area contributed by atoms with E-state index < -0.39 is 11.7 Å². The molecular weight excluding hydrogens is 322 g/mol. The van der Waals surface area contributed by atoms with E-state index in [0.717, 1.165) is 0 Å². The van der Waals surface area contributed by atoms with Crippen molar-refractivity contribution in [1.82, 2.24) is 0 Å². The van der Waals surface area contributed by atoms with Crippen LogP contribution in [0.2, 0.25) is 0 Å². The van der Waals surface area contributed by atoms with Crippen LogP contribution < -0.4 is 10.1 Å². The van der Waals surface area contributed by atoms with Crippen molar-refractivity contribution in [2.24, 2.45) is 0 Å². The topological polar surface area (TPSA) is 62.1 Å². The highest BCUT2D eigenvalue weighted by Gasteiger charge is 2.12. The maximum absolute atomic E-state index is 12.5. The van der Waals surface area contributed by atoms with Gasteiger partial charge in [0.05, 0.1) is 17.3 Å². The zero-order chi connectivity index (χ0) is 16.7. The number of anilines is 1. The van der Waals surface area contributed by atoms with E-state index in [0.29, 0.717) is 28.8 Å². The lowest BCUT2D eigenvalue weighted by molar-refractivity contribution is -0.118. The van der Waals surface area contributed by atoms with E-state index >= 15 is 0 Å². The lowest BCUT2D eigenvalue weighted by atomic mass is 10.2. The number of hydrogen-bond donors (Lipinski definition) is 1. The predicted octanol–water partition coefficient (Wildman–Crippen LogP) is 3.89. The Kier molecular flexibility index (Phi) is 5.94. The number of halogens is 2. The number of carbonyl (C=O) groups is 1. The molecule has 118 valence electrons. The summed E-state index contributed by atoms with van der Waals surface area (Å²) in [4.78, 5) is 12.1. The van der Waals surface area contributed by atoms with Crippen molar-refractivity contribution in [3.8, 4) is 11.8 Å². The van der Waals surface area contributed by atoms with E-state index in [1.54, 1.807) is 42.5 Å². The number of nitrogens with zero attached hydrogens (tertiary/aromatic N) is 1. The SMILES string of the molecule is N#Cc1ccc(OCC(=O)Nc2ccccc2SC(F)F)cc1. The van der Waals surface area contributed by atoms with Gasteiger partial charge in [-0.3, -0.25) is 4.79 Å². The number of para-hydroxylation sites is 1. The van der Waals surface area contributed by atoms with Crippen LogP contribution >= 0.6 is 11.8 Å². The molecule has 2 rings (SSSR count). The maximum atomic E-state index is 12.5. The van der Waals surface area contributed by atoms with Gasteiger partial charge in [-0.25, -0.2) is 0 Å². The van der Waals surface area contributed by atoms with Crippen molar-refractivity contribution < 1.29 is 18.3 Å². The van der Waals surface area contributed by atoms with Crippen molar-refractivity contribution in [1.29, 1.82) is 5.26 Å². The molecule has 0 aliphatic carbocycles. The molecule has 0 aliphatic rings. The van der Waals surface area contributed by atoms with Gasteiger partial charge in [-0.2, -0.15) is 14.0 Å². The molecule has 7 heteroatoms. The minimum Gasteiger partial charge on any atom is -0.484 e. The van der Waals surface area contributed by atoms with Crippen LogP contribution in [-0.4, -0.2) is 18.3 Å². The number of nitriles is 1. The van der Waals surface area contributed by atoms with Crippen LogP contribution in [0.1, 0.15) is 5.56 Å². The van der Waals surface area contributed by atoms with Crippen molar-refractivity contribution in [2.75, 3.05) is 11.9 Å². The normalized spacial score (nSPS) is 10.2. The van der Waals surface area contributed by atoms with E-state index in [1.165, 1.54) is 6.07 Å². The van der Waals surface area contributed by atoms with Gasteiger partial charge in [-0.15, -0.1) is 0 Å². The number of ether oxygens (including phenoxy) is 1. The zero-order valence-electron chi connectivity index (χ0n) is 11.8. The minimum absolute atomic E-state index is 0.264. The van der Waals surface area contributed by atoms with Gasteiger partial charge in [0.25, 0.3) is 11.7 Å². The molecule has 0 radical (unpaired) electrons. The highest BCUT2D eigenvalue weighted by molar-refractivity contribution is 7.99. The molecule has 2 aromatic rings. The molecule has 0 unspecified atom stereocenters. The zero-order valence-corrected chi connectivity index (χ0v) is 12.6. The first-order valence-electron chi connectivity index (χ1n) is 6.55. The molecule has 1 N–H and O–H groups in total. The minimum atomic E-state index is -2.57. The Morgan fingerprint density at radius 2 is 1.91 bits per heavy atom. The van der Waals surface area contributed by atoms with Crippen LogP contribution in [0, 0.1) is 11.3 Å². The van der Waals surface area contributed by atoms with Crippen molar-refractivity contribution in [3.05, 3.63) is 54.1 Å². The third-order valence-corrected chi connectivity index (χ3v) is 3.52. The second kappa shape index (κ2) is 8.15. The number of benzene rings is 2. The monoisotopic (exact) mass is 334 g/mol. The number of alkyl halides is 2. The van der Waals surface area contributed by atoms with Gasteiger partial charge in [0, 0.05) is 4.90 Å². The molecule has 0 heterocycles. The summed E-state index contributed by atoms with van der Waals surface area (Å²) in [5.41, 5.74) is 0.797. The van der Waals surface area contributed by atoms with Crippen LogP contribution in [0.15, 0.2) is 53.4 Å².